The molecule has 0 heterocycles. The summed E-state index contributed by atoms with van der Waals surface area (Å²) in [7, 11) is -0.488. The summed E-state index contributed by atoms with van der Waals surface area (Å²) in [6.45, 7) is 3.88. The summed E-state index contributed by atoms with van der Waals surface area (Å²) in [5.74, 6) is -1.18. The van der Waals surface area contributed by atoms with Crippen molar-refractivity contribution >= 4 is 21.9 Å². The van der Waals surface area contributed by atoms with Crippen LogP contribution in [0.2, 0.25) is 0 Å². The molecule has 134 valence electrons. The molecule has 7 nitrogen and oxygen atoms in total. The summed E-state index contributed by atoms with van der Waals surface area (Å²) in [5, 5.41) is 8.61. The van der Waals surface area contributed by atoms with Crippen LogP contribution in [0.4, 0.5) is 0 Å². The van der Waals surface area contributed by atoms with Gasteiger partial charge in [-0.2, -0.15) is 4.31 Å². The van der Waals surface area contributed by atoms with Gasteiger partial charge in [0.05, 0.1) is 4.90 Å². The highest BCUT2D eigenvalue weighted by Crippen LogP contribution is 2.17. The molecule has 0 saturated heterocycles. The number of carboxylic acid groups (broad SMARTS) is 1. The second kappa shape index (κ2) is 8.25. The van der Waals surface area contributed by atoms with Gasteiger partial charge in [0.1, 0.15) is 0 Å². The van der Waals surface area contributed by atoms with Crippen LogP contribution >= 0.6 is 0 Å². The molecule has 1 aromatic carbocycles. The zero-order chi connectivity index (χ0) is 18.5. The topological polar surface area (TPSA) is 95.0 Å². The Hall–Kier alpha value is -1.93. The molecule has 1 rings (SSSR count). The third-order valence-electron chi connectivity index (χ3n) is 3.74. The maximum absolute atomic E-state index is 12.4. The number of sulfonamides is 1. The van der Waals surface area contributed by atoms with Crippen molar-refractivity contribution in [2.45, 2.75) is 37.6 Å². The van der Waals surface area contributed by atoms with E-state index in [1.807, 2.05) is 0 Å². The molecule has 24 heavy (non-hydrogen) atoms. The summed E-state index contributed by atoms with van der Waals surface area (Å²) in [4.78, 5) is 24.3. The van der Waals surface area contributed by atoms with Gasteiger partial charge in [0.15, 0.2) is 0 Å². The molecule has 1 aromatic rings. The number of benzene rings is 1. The largest absolute Gasteiger partial charge is 0.481 e. The first-order valence-electron chi connectivity index (χ1n) is 7.62. The molecule has 0 spiro atoms. The van der Waals surface area contributed by atoms with E-state index in [4.69, 9.17) is 5.11 Å². The van der Waals surface area contributed by atoms with Gasteiger partial charge in [-0.25, -0.2) is 8.42 Å². The quantitative estimate of drug-likeness (QED) is 0.764. The van der Waals surface area contributed by atoms with Crippen LogP contribution in [0, 0.1) is 0 Å². The molecule has 1 amide bonds. The summed E-state index contributed by atoms with van der Waals surface area (Å²) >= 11 is 0. The first kappa shape index (κ1) is 20.1. The van der Waals surface area contributed by atoms with Crippen LogP contribution in [0.25, 0.3) is 0 Å². The van der Waals surface area contributed by atoms with Gasteiger partial charge < -0.3 is 10.0 Å². The maximum Gasteiger partial charge on any atom is 0.303 e. The Morgan fingerprint density at radius 3 is 2.12 bits per heavy atom. The van der Waals surface area contributed by atoms with Gasteiger partial charge in [0, 0.05) is 38.7 Å². The lowest BCUT2D eigenvalue weighted by atomic mass is 10.2. The monoisotopic (exact) mass is 356 g/mol. The first-order valence-corrected chi connectivity index (χ1v) is 9.06. The third kappa shape index (κ3) is 5.04. The Kier molecular flexibility index (Phi) is 6.92. The highest BCUT2D eigenvalue weighted by Gasteiger charge is 2.23. The van der Waals surface area contributed by atoms with Crippen LogP contribution < -0.4 is 0 Å². The number of hydrogen-bond acceptors (Lipinski definition) is 4. The number of amides is 1. The number of hydrogen-bond donors (Lipinski definition) is 1. The van der Waals surface area contributed by atoms with Crippen molar-refractivity contribution in [3.63, 3.8) is 0 Å². The zero-order valence-corrected chi connectivity index (χ0v) is 15.2. The highest BCUT2D eigenvalue weighted by molar-refractivity contribution is 7.89. The second-order valence-electron chi connectivity index (χ2n) is 5.86. The van der Waals surface area contributed by atoms with Gasteiger partial charge >= 0.3 is 5.97 Å². The van der Waals surface area contributed by atoms with Crippen molar-refractivity contribution in [1.29, 1.82) is 0 Å². The van der Waals surface area contributed by atoms with E-state index in [1.54, 1.807) is 20.9 Å². The van der Waals surface area contributed by atoms with E-state index in [1.165, 1.54) is 40.5 Å². The predicted molar refractivity (Wildman–Crippen MR) is 90.4 cm³/mol. The molecule has 0 aromatic heterocycles. The van der Waals surface area contributed by atoms with Crippen LogP contribution in [-0.2, 0) is 14.8 Å². The molecule has 8 heteroatoms. The fourth-order valence-corrected chi connectivity index (χ4v) is 3.37. The average molecular weight is 356 g/mol. The van der Waals surface area contributed by atoms with Crippen LogP contribution in [0.15, 0.2) is 29.2 Å². The standard InChI is InChI=1S/C16H24N2O5S/c1-12(2)18(4)24(22,23)14-9-7-13(8-10-14)16(21)17(3)11-5-6-15(19)20/h7-10,12H,5-6,11H2,1-4H3,(H,19,20). The third-order valence-corrected chi connectivity index (χ3v) is 5.78. The normalized spacial score (nSPS) is 11.8. The maximum atomic E-state index is 12.4. The zero-order valence-electron chi connectivity index (χ0n) is 14.4. The van der Waals surface area contributed by atoms with E-state index >= 15 is 0 Å². The summed E-state index contributed by atoms with van der Waals surface area (Å²) in [6, 6.07) is 5.59. The van der Waals surface area contributed by atoms with Gasteiger partial charge in [0.25, 0.3) is 5.91 Å². The molecule has 0 aliphatic heterocycles. The number of nitrogens with zero attached hydrogens (tertiary/aromatic N) is 2. The second-order valence-corrected chi connectivity index (χ2v) is 7.86. The van der Waals surface area contributed by atoms with E-state index in [0.717, 1.165) is 0 Å². The van der Waals surface area contributed by atoms with Gasteiger partial charge in [0.2, 0.25) is 10.0 Å². The van der Waals surface area contributed by atoms with Crippen molar-refractivity contribution < 1.29 is 23.1 Å². The molecule has 0 atom stereocenters. The fourth-order valence-electron chi connectivity index (χ4n) is 2.00. The Bertz CT molecular complexity index is 683. The van der Waals surface area contributed by atoms with E-state index in [-0.39, 0.29) is 23.3 Å². The Balaban J connectivity index is 2.83. The van der Waals surface area contributed by atoms with Crippen molar-refractivity contribution in [2.75, 3.05) is 20.6 Å². The van der Waals surface area contributed by atoms with E-state index in [9.17, 15) is 18.0 Å². The average Bonchev–Trinajstić information content (AvgIpc) is 2.52. The van der Waals surface area contributed by atoms with Crippen LogP contribution in [0.3, 0.4) is 0 Å². The highest BCUT2D eigenvalue weighted by atomic mass is 32.2. The molecular formula is C16H24N2O5S. The lowest BCUT2D eigenvalue weighted by Gasteiger charge is -2.21. The number of carbonyl (C=O) groups excluding carboxylic acids is 1. The molecule has 0 fully saturated rings. The summed E-state index contributed by atoms with van der Waals surface area (Å²) in [6.07, 6.45) is 0.361. The van der Waals surface area contributed by atoms with Gasteiger partial charge in [-0.05, 0) is 44.5 Å². The number of rotatable bonds is 8. The van der Waals surface area contributed by atoms with E-state index < -0.39 is 16.0 Å². The van der Waals surface area contributed by atoms with Crippen molar-refractivity contribution in [3.8, 4) is 0 Å². The minimum atomic E-state index is -3.58. The van der Waals surface area contributed by atoms with E-state index in [2.05, 4.69) is 0 Å². The van der Waals surface area contributed by atoms with Crippen LogP contribution in [0.1, 0.15) is 37.0 Å². The molecule has 0 bridgehead atoms. The first-order chi connectivity index (χ1) is 11.1. The van der Waals surface area contributed by atoms with Crippen molar-refractivity contribution in [2.24, 2.45) is 0 Å². The summed E-state index contributed by atoms with van der Waals surface area (Å²) < 4.78 is 26.0. The predicted octanol–water partition coefficient (Wildman–Crippen LogP) is 1.65. The van der Waals surface area contributed by atoms with Crippen molar-refractivity contribution in [1.82, 2.24) is 9.21 Å². The minimum absolute atomic E-state index is 0.00363. The molecular weight excluding hydrogens is 332 g/mol. The molecule has 0 radical (unpaired) electrons. The number of aliphatic carboxylic acids is 1. The molecule has 0 aliphatic carbocycles. The number of carboxylic acids is 1. The minimum Gasteiger partial charge on any atom is -0.481 e. The van der Waals surface area contributed by atoms with Crippen LogP contribution in [0.5, 0.6) is 0 Å². The SMILES string of the molecule is CC(C)N(C)S(=O)(=O)c1ccc(C(=O)N(C)CCCC(=O)O)cc1. The molecule has 0 saturated carbocycles. The van der Waals surface area contributed by atoms with Crippen LogP contribution in [-0.4, -0.2) is 61.3 Å². The summed E-state index contributed by atoms with van der Waals surface area (Å²) in [5.41, 5.74) is 0.360. The van der Waals surface area contributed by atoms with Gasteiger partial charge in [-0.3, -0.25) is 9.59 Å². The molecule has 0 aliphatic rings. The van der Waals surface area contributed by atoms with Gasteiger partial charge in [-0.1, -0.05) is 0 Å². The Morgan fingerprint density at radius 1 is 1.12 bits per heavy atom. The fraction of sp³-hybridized carbons (Fsp3) is 0.500. The Labute approximate surface area is 142 Å². The van der Waals surface area contributed by atoms with Gasteiger partial charge in [-0.15, -0.1) is 0 Å². The smallest absolute Gasteiger partial charge is 0.303 e. The lowest BCUT2D eigenvalue weighted by molar-refractivity contribution is -0.137. The lowest BCUT2D eigenvalue weighted by Crippen LogP contribution is -2.33. The number of carbonyl (C=O) groups is 2. The Morgan fingerprint density at radius 2 is 1.67 bits per heavy atom. The van der Waals surface area contributed by atoms with Crippen molar-refractivity contribution in [3.05, 3.63) is 29.8 Å². The molecule has 0 unspecified atom stereocenters. The van der Waals surface area contributed by atoms with E-state index in [0.29, 0.717) is 18.5 Å². The molecule has 1 N–H and O–H groups in total.